The van der Waals surface area contributed by atoms with E-state index in [4.69, 9.17) is 4.74 Å². The fourth-order valence-corrected chi connectivity index (χ4v) is 2.82. The highest BCUT2D eigenvalue weighted by Gasteiger charge is 2.40. The molecule has 1 rings (SSSR count). The predicted octanol–water partition coefficient (Wildman–Crippen LogP) is 1.73. The van der Waals surface area contributed by atoms with Crippen LogP contribution in [0.25, 0.3) is 0 Å². The van der Waals surface area contributed by atoms with Crippen LogP contribution in [0.4, 0.5) is 0 Å². The average molecular weight is 340 g/mol. The Kier molecular flexibility index (Phi) is 8.15. The van der Waals surface area contributed by atoms with E-state index < -0.39 is 17.9 Å². The van der Waals surface area contributed by atoms with E-state index in [0.29, 0.717) is 24.8 Å². The maximum absolute atomic E-state index is 12.0. The smallest absolute Gasteiger partial charge is 0.341 e. The van der Waals surface area contributed by atoms with Crippen molar-refractivity contribution < 1.29 is 33.4 Å². The molecule has 1 aliphatic carbocycles. The zero-order valence-corrected chi connectivity index (χ0v) is 14.4. The maximum atomic E-state index is 12.0. The summed E-state index contributed by atoms with van der Waals surface area (Å²) in [6.45, 7) is 0. The van der Waals surface area contributed by atoms with Crippen molar-refractivity contribution in [2.45, 2.75) is 44.9 Å². The van der Waals surface area contributed by atoms with E-state index in [9.17, 15) is 19.2 Å². The molecule has 0 aliphatic heterocycles. The van der Waals surface area contributed by atoms with Crippen molar-refractivity contribution in [2.75, 3.05) is 21.3 Å². The Morgan fingerprint density at radius 3 is 2.21 bits per heavy atom. The normalized spacial score (nSPS) is 17.0. The third-order valence-electron chi connectivity index (χ3n) is 4.09. The van der Waals surface area contributed by atoms with Gasteiger partial charge in [-0.3, -0.25) is 14.4 Å². The molecule has 0 aromatic rings. The second-order valence-electron chi connectivity index (χ2n) is 5.59. The van der Waals surface area contributed by atoms with Crippen LogP contribution in [0.3, 0.4) is 0 Å². The third kappa shape index (κ3) is 5.18. The van der Waals surface area contributed by atoms with Crippen molar-refractivity contribution in [3.05, 3.63) is 11.1 Å². The predicted molar refractivity (Wildman–Crippen MR) is 83.9 cm³/mol. The van der Waals surface area contributed by atoms with Gasteiger partial charge in [0.2, 0.25) is 0 Å². The number of hydrogen-bond acceptors (Lipinski definition) is 7. The molecule has 0 radical (unpaired) electrons. The molecule has 0 fully saturated rings. The highest BCUT2D eigenvalue weighted by molar-refractivity contribution is 6.21. The van der Waals surface area contributed by atoms with Crippen LogP contribution in [0, 0.1) is 5.92 Å². The van der Waals surface area contributed by atoms with Crippen molar-refractivity contribution in [3.63, 3.8) is 0 Å². The van der Waals surface area contributed by atoms with E-state index in [0.717, 1.165) is 19.3 Å². The molecule has 0 aromatic carbocycles. The van der Waals surface area contributed by atoms with Gasteiger partial charge in [-0.25, -0.2) is 4.79 Å². The van der Waals surface area contributed by atoms with Gasteiger partial charge in [0.15, 0.2) is 5.78 Å². The monoisotopic (exact) mass is 340 g/mol. The Balaban J connectivity index is 2.65. The highest BCUT2D eigenvalue weighted by Crippen LogP contribution is 2.34. The molecule has 1 atom stereocenters. The molecule has 0 spiro atoms. The molecule has 0 amide bonds. The van der Waals surface area contributed by atoms with Crippen molar-refractivity contribution in [1.29, 1.82) is 0 Å². The summed E-state index contributed by atoms with van der Waals surface area (Å²) in [5, 5.41) is 0. The van der Waals surface area contributed by atoms with Gasteiger partial charge in [-0.1, -0.05) is 12.8 Å². The van der Waals surface area contributed by atoms with Crippen LogP contribution >= 0.6 is 0 Å². The number of Topliss-reactive ketones (excluding diaryl/α,β-unsaturated/α-hetero) is 1. The molecule has 1 aliphatic rings. The minimum Gasteiger partial charge on any atom is -0.469 e. The van der Waals surface area contributed by atoms with Gasteiger partial charge in [0.25, 0.3) is 0 Å². The van der Waals surface area contributed by atoms with Crippen molar-refractivity contribution in [2.24, 2.45) is 5.92 Å². The Morgan fingerprint density at radius 2 is 1.62 bits per heavy atom. The minimum absolute atomic E-state index is 0.0116. The number of unbranched alkanes of at least 4 members (excludes halogenated alkanes) is 3. The van der Waals surface area contributed by atoms with Crippen molar-refractivity contribution >= 4 is 23.7 Å². The maximum Gasteiger partial charge on any atom is 0.341 e. The molecule has 1 unspecified atom stereocenters. The van der Waals surface area contributed by atoms with Gasteiger partial charge in [0.05, 0.1) is 27.2 Å². The number of esters is 3. The first-order valence-electron chi connectivity index (χ1n) is 7.95. The molecule has 24 heavy (non-hydrogen) atoms. The quantitative estimate of drug-likeness (QED) is 0.273. The van der Waals surface area contributed by atoms with Crippen molar-refractivity contribution in [3.8, 4) is 0 Å². The molecule has 0 N–H and O–H groups in total. The standard InChI is InChI=1S/C17H24O7/c1-22-14(19)9-7-5-4-6-8-11-12(16(20)23-2)10-13(18)15(11)17(21)24-3/h12H,4-10H2,1-3H3. The second kappa shape index (κ2) is 9.85. The molecular weight excluding hydrogens is 316 g/mol. The number of methoxy groups -OCH3 is 3. The van der Waals surface area contributed by atoms with Gasteiger partial charge in [-0.15, -0.1) is 0 Å². The van der Waals surface area contributed by atoms with E-state index in [1.807, 2.05) is 0 Å². The van der Waals surface area contributed by atoms with Crippen LogP contribution in [0.1, 0.15) is 44.9 Å². The average Bonchev–Trinajstić information content (AvgIpc) is 2.92. The summed E-state index contributed by atoms with van der Waals surface area (Å²) in [6.07, 6.45) is 3.84. The molecule has 0 saturated carbocycles. The summed E-state index contributed by atoms with van der Waals surface area (Å²) in [5.41, 5.74) is 0.495. The van der Waals surface area contributed by atoms with Crippen LogP contribution < -0.4 is 0 Å². The van der Waals surface area contributed by atoms with Crippen LogP contribution in [0.5, 0.6) is 0 Å². The van der Waals surface area contributed by atoms with E-state index in [2.05, 4.69) is 9.47 Å². The van der Waals surface area contributed by atoms with Gasteiger partial charge in [0, 0.05) is 12.8 Å². The summed E-state index contributed by atoms with van der Waals surface area (Å²) >= 11 is 0. The lowest BCUT2D eigenvalue weighted by Crippen LogP contribution is -2.16. The van der Waals surface area contributed by atoms with Crippen LogP contribution in [0.2, 0.25) is 0 Å². The lowest BCUT2D eigenvalue weighted by molar-refractivity contribution is -0.145. The third-order valence-corrected chi connectivity index (χ3v) is 4.09. The molecule has 7 heteroatoms. The first kappa shape index (κ1) is 19.9. The van der Waals surface area contributed by atoms with E-state index >= 15 is 0 Å². The van der Waals surface area contributed by atoms with Crippen LogP contribution in [0.15, 0.2) is 11.1 Å². The Hall–Kier alpha value is -2.18. The second-order valence-corrected chi connectivity index (χ2v) is 5.59. The molecule has 0 bridgehead atoms. The number of ketones is 1. The van der Waals surface area contributed by atoms with Crippen LogP contribution in [-0.4, -0.2) is 45.0 Å². The zero-order chi connectivity index (χ0) is 18.1. The molecule has 0 heterocycles. The topological polar surface area (TPSA) is 96.0 Å². The Bertz CT molecular complexity index is 533. The Morgan fingerprint density at radius 1 is 0.958 bits per heavy atom. The molecule has 0 saturated heterocycles. The zero-order valence-electron chi connectivity index (χ0n) is 14.4. The molecule has 0 aromatic heterocycles. The van der Waals surface area contributed by atoms with Crippen molar-refractivity contribution in [1.82, 2.24) is 0 Å². The molecule has 7 nitrogen and oxygen atoms in total. The summed E-state index contributed by atoms with van der Waals surface area (Å²) in [7, 11) is 3.82. The lowest BCUT2D eigenvalue weighted by atomic mass is 9.95. The minimum atomic E-state index is -0.702. The van der Waals surface area contributed by atoms with E-state index in [-0.39, 0.29) is 23.7 Å². The largest absolute Gasteiger partial charge is 0.469 e. The summed E-state index contributed by atoms with van der Waals surface area (Å²) < 4.78 is 14.0. The number of hydrogen-bond donors (Lipinski definition) is 0. The SMILES string of the molecule is COC(=O)CCCCCCC1=C(C(=O)OC)C(=O)CC1C(=O)OC. The van der Waals surface area contributed by atoms with Gasteiger partial charge in [0.1, 0.15) is 5.57 Å². The van der Waals surface area contributed by atoms with Crippen LogP contribution in [-0.2, 0) is 33.4 Å². The lowest BCUT2D eigenvalue weighted by Gasteiger charge is -2.12. The van der Waals surface area contributed by atoms with Gasteiger partial charge >= 0.3 is 17.9 Å². The van der Waals surface area contributed by atoms with E-state index in [1.165, 1.54) is 21.3 Å². The first-order valence-corrected chi connectivity index (χ1v) is 7.95. The molecule has 134 valence electrons. The summed E-state index contributed by atoms with van der Waals surface area (Å²) in [4.78, 5) is 46.8. The number of ether oxygens (including phenoxy) is 3. The van der Waals surface area contributed by atoms with Gasteiger partial charge in [-0.2, -0.15) is 0 Å². The Labute approximate surface area is 141 Å². The van der Waals surface area contributed by atoms with Gasteiger partial charge in [-0.05, 0) is 24.8 Å². The summed E-state index contributed by atoms with van der Waals surface area (Å²) in [6, 6.07) is 0. The number of carbonyl (C=O) groups is 4. The first-order chi connectivity index (χ1) is 11.5. The fourth-order valence-electron chi connectivity index (χ4n) is 2.82. The number of carbonyl (C=O) groups excluding carboxylic acids is 4. The molecular formula is C17H24O7. The fraction of sp³-hybridized carbons (Fsp3) is 0.647. The van der Waals surface area contributed by atoms with Gasteiger partial charge < -0.3 is 14.2 Å². The highest BCUT2D eigenvalue weighted by atomic mass is 16.5. The summed E-state index contributed by atoms with van der Waals surface area (Å²) in [5.74, 6) is -2.53. The van der Waals surface area contributed by atoms with E-state index in [1.54, 1.807) is 0 Å². The number of rotatable bonds is 9.